The first-order valence-electron chi connectivity index (χ1n) is 6.87. The number of rotatable bonds is 6. The first-order valence-corrected chi connectivity index (χ1v) is 9.89. The van der Waals surface area contributed by atoms with E-state index in [4.69, 9.17) is 10.00 Å². The lowest BCUT2D eigenvalue weighted by Crippen LogP contribution is -2.12. The van der Waals surface area contributed by atoms with E-state index in [2.05, 4.69) is 4.72 Å². The van der Waals surface area contributed by atoms with Crippen LogP contribution in [0.25, 0.3) is 0 Å². The van der Waals surface area contributed by atoms with Crippen LogP contribution in [0.5, 0.6) is 5.75 Å². The van der Waals surface area contributed by atoms with Crippen molar-refractivity contribution in [1.82, 2.24) is 0 Å². The minimum absolute atomic E-state index is 0.0435. The Morgan fingerprint density at radius 2 is 1.52 bits per heavy atom. The number of sulfone groups is 1. The molecule has 0 aliphatic carbocycles. The Bertz CT molecular complexity index is 1020. The minimum atomic E-state index is -3.81. The van der Waals surface area contributed by atoms with E-state index < -0.39 is 19.9 Å². The number of ether oxygens (including phenoxy) is 1. The molecule has 0 radical (unpaired) electrons. The van der Waals surface area contributed by atoms with Gasteiger partial charge in [-0.3, -0.25) is 4.72 Å². The maximum atomic E-state index is 12.3. The van der Waals surface area contributed by atoms with Crippen molar-refractivity contribution in [2.75, 3.05) is 11.8 Å². The summed E-state index contributed by atoms with van der Waals surface area (Å²) in [6.45, 7) is 0. The average molecular weight is 378 g/mol. The van der Waals surface area contributed by atoms with Gasteiger partial charge in [-0.2, -0.15) is 5.26 Å². The standard InChI is InChI=1S/C16H14N2O5S2/c1-23-14-5-9-16(10-6-14)25(21,22)18-13-3-7-15(8-4-13)24(19,20)12-2-11-17/h2-10,12,18H,1H3. The molecule has 7 nitrogen and oxygen atoms in total. The van der Waals surface area contributed by atoms with Crippen molar-refractivity contribution in [3.63, 3.8) is 0 Å². The van der Waals surface area contributed by atoms with Crippen molar-refractivity contribution in [2.24, 2.45) is 0 Å². The van der Waals surface area contributed by atoms with Crippen molar-refractivity contribution in [3.05, 3.63) is 60.0 Å². The van der Waals surface area contributed by atoms with Gasteiger partial charge >= 0.3 is 0 Å². The third-order valence-corrected chi connectivity index (χ3v) is 5.95. The van der Waals surface area contributed by atoms with Gasteiger partial charge in [0.25, 0.3) is 10.0 Å². The predicted molar refractivity (Wildman–Crippen MR) is 92.2 cm³/mol. The van der Waals surface area contributed by atoms with Crippen molar-refractivity contribution in [2.45, 2.75) is 9.79 Å². The highest BCUT2D eigenvalue weighted by molar-refractivity contribution is 7.94. The van der Waals surface area contributed by atoms with Gasteiger partial charge in [0.05, 0.1) is 23.0 Å². The highest BCUT2D eigenvalue weighted by Gasteiger charge is 2.15. The summed E-state index contributed by atoms with van der Waals surface area (Å²) in [7, 11) is -6.07. The first-order chi connectivity index (χ1) is 11.8. The zero-order valence-corrected chi connectivity index (χ0v) is 14.7. The van der Waals surface area contributed by atoms with E-state index in [1.807, 2.05) is 0 Å². The molecule has 2 rings (SSSR count). The first kappa shape index (κ1) is 18.5. The molecule has 130 valence electrons. The predicted octanol–water partition coefficient (Wildman–Crippen LogP) is 2.31. The monoisotopic (exact) mass is 378 g/mol. The molecule has 2 aromatic carbocycles. The number of hydrogen-bond acceptors (Lipinski definition) is 6. The second-order valence-corrected chi connectivity index (χ2v) is 8.30. The molecule has 0 bridgehead atoms. The smallest absolute Gasteiger partial charge is 0.261 e. The van der Waals surface area contributed by atoms with Crippen LogP contribution < -0.4 is 9.46 Å². The van der Waals surface area contributed by atoms with E-state index in [1.165, 1.54) is 55.6 Å². The molecular formula is C16H14N2O5S2. The number of benzene rings is 2. The molecule has 0 atom stereocenters. The third-order valence-electron chi connectivity index (χ3n) is 3.13. The van der Waals surface area contributed by atoms with Gasteiger partial charge in [-0.15, -0.1) is 0 Å². The quantitative estimate of drug-likeness (QED) is 0.772. The Labute approximate surface area is 146 Å². The SMILES string of the molecule is COc1ccc(S(=O)(=O)Nc2ccc(S(=O)(=O)C=CC#N)cc2)cc1. The summed E-state index contributed by atoms with van der Waals surface area (Å²) in [5.41, 5.74) is 0.207. The fourth-order valence-electron chi connectivity index (χ4n) is 1.88. The normalized spacial score (nSPS) is 11.8. The molecule has 0 saturated heterocycles. The van der Waals surface area contributed by atoms with E-state index in [1.54, 1.807) is 6.07 Å². The highest BCUT2D eigenvalue weighted by Crippen LogP contribution is 2.21. The van der Waals surface area contributed by atoms with Crippen LogP contribution in [-0.2, 0) is 19.9 Å². The zero-order valence-electron chi connectivity index (χ0n) is 13.1. The summed E-state index contributed by atoms with van der Waals surface area (Å²) in [5.74, 6) is 0.527. The lowest BCUT2D eigenvalue weighted by molar-refractivity contribution is 0.414. The van der Waals surface area contributed by atoms with Gasteiger partial charge < -0.3 is 4.74 Å². The Morgan fingerprint density at radius 3 is 2.04 bits per heavy atom. The molecule has 0 amide bonds. The van der Waals surface area contributed by atoms with Crippen LogP contribution in [0.3, 0.4) is 0 Å². The van der Waals surface area contributed by atoms with Crippen LogP contribution in [0.15, 0.2) is 69.8 Å². The maximum Gasteiger partial charge on any atom is 0.261 e. The van der Waals surface area contributed by atoms with E-state index in [0.29, 0.717) is 5.75 Å². The van der Waals surface area contributed by atoms with Gasteiger partial charge in [0, 0.05) is 17.2 Å². The third kappa shape index (κ3) is 4.59. The number of hydrogen-bond donors (Lipinski definition) is 1. The molecule has 9 heteroatoms. The minimum Gasteiger partial charge on any atom is -0.497 e. The highest BCUT2D eigenvalue weighted by atomic mass is 32.2. The van der Waals surface area contributed by atoms with Crippen LogP contribution >= 0.6 is 0 Å². The molecule has 25 heavy (non-hydrogen) atoms. The van der Waals surface area contributed by atoms with E-state index in [0.717, 1.165) is 11.5 Å². The second kappa shape index (κ2) is 7.38. The molecule has 0 unspecified atom stereocenters. The number of methoxy groups -OCH3 is 1. The lowest BCUT2D eigenvalue weighted by Gasteiger charge is -2.09. The van der Waals surface area contributed by atoms with Gasteiger partial charge in [-0.25, -0.2) is 16.8 Å². The molecule has 1 N–H and O–H groups in total. The van der Waals surface area contributed by atoms with Gasteiger partial charge in [0.1, 0.15) is 5.75 Å². The summed E-state index contributed by atoms with van der Waals surface area (Å²) >= 11 is 0. The van der Waals surface area contributed by atoms with E-state index in [-0.39, 0.29) is 15.5 Å². The Hall–Kier alpha value is -2.83. The number of sulfonamides is 1. The Morgan fingerprint density at radius 1 is 0.960 bits per heavy atom. The summed E-state index contributed by atoms with van der Waals surface area (Å²) in [4.78, 5) is -0.00616. The molecule has 0 heterocycles. The van der Waals surface area contributed by atoms with Crippen LogP contribution in [0.1, 0.15) is 0 Å². The molecule has 0 aliphatic heterocycles. The molecule has 0 saturated carbocycles. The summed E-state index contributed by atoms with van der Waals surface area (Å²) in [6, 6.07) is 12.6. The van der Waals surface area contributed by atoms with Crippen LogP contribution in [0.4, 0.5) is 5.69 Å². The van der Waals surface area contributed by atoms with Crippen LogP contribution in [0, 0.1) is 11.3 Å². The van der Waals surface area contributed by atoms with Crippen LogP contribution in [-0.4, -0.2) is 23.9 Å². The maximum absolute atomic E-state index is 12.3. The van der Waals surface area contributed by atoms with Gasteiger partial charge in [-0.1, -0.05) is 0 Å². The zero-order chi connectivity index (χ0) is 18.5. The van der Waals surface area contributed by atoms with E-state index in [9.17, 15) is 16.8 Å². The average Bonchev–Trinajstić information content (AvgIpc) is 2.60. The summed E-state index contributed by atoms with van der Waals surface area (Å²) in [5, 5.41) is 9.18. The van der Waals surface area contributed by atoms with Gasteiger partial charge in [-0.05, 0) is 48.5 Å². The summed E-state index contributed by atoms with van der Waals surface area (Å²) in [6.07, 6.45) is 0.857. The summed E-state index contributed by atoms with van der Waals surface area (Å²) < 4.78 is 55.7. The Kier molecular flexibility index (Phi) is 5.46. The number of nitrogens with one attached hydrogen (secondary N) is 1. The number of nitrogens with zero attached hydrogens (tertiary/aromatic N) is 1. The van der Waals surface area contributed by atoms with Crippen LogP contribution in [0.2, 0.25) is 0 Å². The molecule has 0 spiro atoms. The number of nitriles is 1. The fraction of sp³-hybridized carbons (Fsp3) is 0.0625. The van der Waals surface area contributed by atoms with Crippen molar-refractivity contribution in [1.29, 1.82) is 5.26 Å². The van der Waals surface area contributed by atoms with Crippen molar-refractivity contribution in [3.8, 4) is 11.8 Å². The molecule has 2 aromatic rings. The molecular weight excluding hydrogens is 364 g/mol. The fourth-order valence-corrected chi connectivity index (χ4v) is 3.85. The van der Waals surface area contributed by atoms with Crippen molar-refractivity contribution >= 4 is 25.5 Å². The Balaban J connectivity index is 2.23. The largest absolute Gasteiger partial charge is 0.497 e. The number of allylic oxidation sites excluding steroid dienone is 1. The topological polar surface area (TPSA) is 113 Å². The second-order valence-electron chi connectivity index (χ2n) is 4.78. The lowest BCUT2D eigenvalue weighted by atomic mass is 10.3. The molecule has 0 fully saturated rings. The molecule has 0 aliphatic rings. The van der Waals surface area contributed by atoms with Crippen molar-refractivity contribution < 1.29 is 21.6 Å². The van der Waals surface area contributed by atoms with Gasteiger partial charge in [0.2, 0.25) is 9.84 Å². The molecule has 0 aromatic heterocycles. The number of anilines is 1. The van der Waals surface area contributed by atoms with Gasteiger partial charge in [0.15, 0.2) is 0 Å². The van der Waals surface area contributed by atoms with E-state index >= 15 is 0 Å².